The van der Waals surface area contributed by atoms with E-state index in [1.54, 1.807) is 18.2 Å². The Bertz CT molecular complexity index is 787. The maximum Gasteiger partial charge on any atom is 0.255 e. The third-order valence-electron chi connectivity index (χ3n) is 4.81. The largest absolute Gasteiger partial charge is 0.324 e. The van der Waals surface area contributed by atoms with Gasteiger partial charge in [-0.2, -0.15) is 0 Å². The van der Waals surface area contributed by atoms with E-state index >= 15 is 0 Å². The van der Waals surface area contributed by atoms with Gasteiger partial charge in [-0.05, 0) is 49.6 Å². The molecule has 26 heavy (non-hydrogen) atoms. The Morgan fingerprint density at radius 3 is 2.12 bits per heavy atom. The van der Waals surface area contributed by atoms with Gasteiger partial charge in [0.25, 0.3) is 5.91 Å². The molecule has 1 saturated carbocycles. The van der Waals surface area contributed by atoms with Crippen LogP contribution in [0.2, 0.25) is 0 Å². The molecule has 0 atom stereocenters. The van der Waals surface area contributed by atoms with Crippen molar-refractivity contribution in [1.82, 2.24) is 0 Å². The third-order valence-corrected chi connectivity index (χ3v) is 4.81. The zero-order chi connectivity index (χ0) is 17.9. The summed E-state index contributed by atoms with van der Waals surface area (Å²) in [6.45, 7) is 1.87. The monoisotopic (exact) mass is 373 g/mol. The van der Waals surface area contributed by atoms with E-state index < -0.39 is 5.54 Å². The van der Waals surface area contributed by atoms with Crippen LogP contribution in [-0.4, -0.2) is 17.4 Å². The number of halogens is 1. The van der Waals surface area contributed by atoms with Crippen molar-refractivity contribution >= 4 is 35.6 Å². The third kappa shape index (κ3) is 4.23. The number of rotatable bonds is 4. The first-order chi connectivity index (χ1) is 12.0. The predicted octanol–water partition coefficient (Wildman–Crippen LogP) is 3.88. The van der Waals surface area contributed by atoms with Crippen LogP contribution in [0.1, 0.15) is 41.6 Å². The molecule has 1 aliphatic rings. The molecular weight excluding hydrogens is 350 g/mol. The van der Waals surface area contributed by atoms with Gasteiger partial charge in [0.1, 0.15) is 0 Å². The standard InChI is InChI=1S/C20H23N3O2.ClH/c1-14-16(22-18(24)15-8-3-2-4-9-15)10-7-11-17(14)23-19(25)20(21)12-5-6-13-20;/h2-4,7-11H,5-6,12-13,21H2,1H3,(H,22,24)(H,23,25);1H. The average molecular weight is 374 g/mol. The molecule has 0 radical (unpaired) electrons. The Labute approximate surface area is 159 Å². The molecule has 0 unspecified atom stereocenters. The second-order valence-electron chi connectivity index (χ2n) is 6.62. The van der Waals surface area contributed by atoms with Gasteiger partial charge in [-0.3, -0.25) is 9.59 Å². The van der Waals surface area contributed by atoms with Gasteiger partial charge in [0.15, 0.2) is 0 Å². The molecule has 2 aromatic carbocycles. The minimum atomic E-state index is -0.782. The molecule has 5 nitrogen and oxygen atoms in total. The number of hydrogen-bond acceptors (Lipinski definition) is 3. The number of carbonyl (C=O) groups is 2. The summed E-state index contributed by atoms with van der Waals surface area (Å²) in [5.41, 5.74) is 8.17. The van der Waals surface area contributed by atoms with Crippen molar-refractivity contribution < 1.29 is 9.59 Å². The molecule has 2 aromatic rings. The summed E-state index contributed by atoms with van der Waals surface area (Å²) in [5.74, 6) is -0.335. The van der Waals surface area contributed by atoms with Gasteiger partial charge in [0.05, 0.1) is 5.54 Å². The summed E-state index contributed by atoms with van der Waals surface area (Å²) in [6.07, 6.45) is 3.39. The minimum Gasteiger partial charge on any atom is -0.324 e. The number of nitrogens with two attached hydrogens (primary N) is 1. The molecule has 0 aliphatic heterocycles. The molecule has 3 rings (SSSR count). The van der Waals surface area contributed by atoms with Crippen LogP contribution in [0.5, 0.6) is 0 Å². The number of nitrogens with one attached hydrogen (secondary N) is 2. The van der Waals surface area contributed by atoms with Crippen molar-refractivity contribution in [3.63, 3.8) is 0 Å². The van der Waals surface area contributed by atoms with Crippen LogP contribution in [0.15, 0.2) is 48.5 Å². The second kappa shape index (κ2) is 8.34. The molecule has 1 aliphatic carbocycles. The smallest absolute Gasteiger partial charge is 0.255 e. The van der Waals surface area contributed by atoms with Crippen LogP contribution in [0.4, 0.5) is 11.4 Å². The molecule has 6 heteroatoms. The van der Waals surface area contributed by atoms with E-state index in [1.165, 1.54) is 0 Å². The first-order valence-electron chi connectivity index (χ1n) is 8.56. The maximum atomic E-state index is 12.5. The van der Waals surface area contributed by atoms with Crippen molar-refractivity contribution in [2.45, 2.75) is 38.1 Å². The molecule has 0 heterocycles. The van der Waals surface area contributed by atoms with Crippen LogP contribution >= 0.6 is 12.4 Å². The van der Waals surface area contributed by atoms with Crippen molar-refractivity contribution in [2.75, 3.05) is 10.6 Å². The van der Waals surface area contributed by atoms with E-state index in [2.05, 4.69) is 10.6 Å². The van der Waals surface area contributed by atoms with Crippen molar-refractivity contribution in [1.29, 1.82) is 0 Å². The lowest BCUT2D eigenvalue weighted by molar-refractivity contribution is -0.121. The molecule has 0 bridgehead atoms. The van der Waals surface area contributed by atoms with E-state index in [0.717, 1.165) is 18.4 Å². The molecule has 4 N–H and O–H groups in total. The number of benzene rings is 2. The molecule has 0 saturated heterocycles. The highest BCUT2D eigenvalue weighted by atomic mass is 35.5. The average Bonchev–Trinajstić information content (AvgIpc) is 3.07. The molecule has 1 fully saturated rings. The second-order valence-corrected chi connectivity index (χ2v) is 6.62. The van der Waals surface area contributed by atoms with E-state index in [-0.39, 0.29) is 24.2 Å². The van der Waals surface area contributed by atoms with Gasteiger partial charge < -0.3 is 16.4 Å². The lowest BCUT2D eigenvalue weighted by atomic mass is 9.97. The summed E-state index contributed by atoms with van der Waals surface area (Å²) >= 11 is 0. The highest BCUT2D eigenvalue weighted by Gasteiger charge is 2.37. The van der Waals surface area contributed by atoms with E-state index in [9.17, 15) is 9.59 Å². The highest BCUT2D eigenvalue weighted by Crippen LogP contribution is 2.30. The molecule has 0 spiro atoms. The summed E-state index contributed by atoms with van der Waals surface area (Å²) in [4.78, 5) is 24.9. The van der Waals surface area contributed by atoms with Crippen molar-refractivity contribution in [2.24, 2.45) is 5.73 Å². The van der Waals surface area contributed by atoms with Crippen LogP contribution in [0.25, 0.3) is 0 Å². The van der Waals surface area contributed by atoms with Gasteiger partial charge in [-0.15, -0.1) is 12.4 Å². The van der Waals surface area contributed by atoms with Crippen molar-refractivity contribution in [3.05, 3.63) is 59.7 Å². The van der Waals surface area contributed by atoms with Crippen LogP contribution in [0, 0.1) is 6.92 Å². The van der Waals surface area contributed by atoms with E-state index in [4.69, 9.17) is 5.73 Å². The lowest BCUT2D eigenvalue weighted by Crippen LogP contribution is -2.48. The van der Waals surface area contributed by atoms with Crippen LogP contribution < -0.4 is 16.4 Å². The fourth-order valence-electron chi connectivity index (χ4n) is 3.17. The molecule has 0 aromatic heterocycles. The maximum absolute atomic E-state index is 12.5. The Balaban J connectivity index is 0.00000243. The SMILES string of the molecule is Cc1c(NC(=O)c2ccccc2)cccc1NC(=O)C1(N)CCCC1.Cl. The van der Waals surface area contributed by atoms with E-state index in [1.807, 2.05) is 37.3 Å². The van der Waals surface area contributed by atoms with Gasteiger partial charge in [0, 0.05) is 16.9 Å². The molecule has 138 valence electrons. The fraction of sp³-hybridized carbons (Fsp3) is 0.300. The summed E-state index contributed by atoms with van der Waals surface area (Å²) in [7, 11) is 0. The van der Waals surface area contributed by atoms with Gasteiger partial charge in [-0.1, -0.05) is 37.1 Å². The van der Waals surface area contributed by atoms with Crippen LogP contribution in [0.3, 0.4) is 0 Å². The predicted molar refractivity (Wildman–Crippen MR) is 107 cm³/mol. The first-order valence-corrected chi connectivity index (χ1v) is 8.56. The Morgan fingerprint density at radius 1 is 0.923 bits per heavy atom. The number of anilines is 2. The minimum absolute atomic E-state index is 0. The topological polar surface area (TPSA) is 84.2 Å². The number of carbonyl (C=O) groups excluding carboxylic acids is 2. The Morgan fingerprint density at radius 2 is 1.50 bits per heavy atom. The molecule has 2 amide bonds. The number of hydrogen-bond donors (Lipinski definition) is 3. The Hall–Kier alpha value is -2.37. The van der Waals surface area contributed by atoms with Gasteiger partial charge >= 0.3 is 0 Å². The lowest BCUT2D eigenvalue weighted by Gasteiger charge is -2.23. The molecular formula is C20H24ClN3O2. The summed E-state index contributed by atoms with van der Waals surface area (Å²) < 4.78 is 0. The Kier molecular flexibility index (Phi) is 6.40. The van der Waals surface area contributed by atoms with E-state index in [0.29, 0.717) is 29.8 Å². The zero-order valence-electron chi connectivity index (χ0n) is 14.7. The summed E-state index contributed by atoms with van der Waals surface area (Å²) in [5, 5.41) is 5.83. The van der Waals surface area contributed by atoms with Gasteiger partial charge in [0.2, 0.25) is 5.91 Å². The van der Waals surface area contributed by atoms with Crippen LogP contribution in [-0.2, 0) is 4.79 Å². The zero-order valence-corrected chi connectivity index (χ0v) is 15.6. The van der Waals surface area contributed by atoms with Gasteiger partial charge in [-0.25, -0.2) is 0 Å². The first kappa shape index (κ1) is 19.9. The quantitative estimate of drug-likeness (QED) is 0.760. The normalized spacial score (nSPS) is 15.0. The summed E-state index contributed by atoms with van der Waals surface area (Å²) in [6, 6.07) is 14.5. The fourth-order valence-corrected chi connectivity index (χ4v) is 3.17. The van der Waals surface area contributed by atoms with Crippen molar-refractivity contribution in [3.8, 4) is 0 Å². The number of amides is 2. The highest BCUT2D eigenvalue weighted by molar-refractivity contribution is 6.05.